The number of nitrogens with two attached hydrogens (primary N) is 1. The van der Waals surface area contributed by atoms with Crippen molar-refractivity contribution >= 4 is 5.69 Å². The molecule has 0 saturated heterocycles. The Labute approximate surface area is 92.5 Å². The minimum absolute atomic E-state index is 0.0660. The highest BCUT2D eigenvalue weighted by Crippen LogP contribution is 2.31. The molecule has 0 unspecified atom stereocenters. The lowest BCUT2D eigenvalue weighted by molar-refractivity contribution is 0.589. The van der Waals surface area contributed by atoms with Gasteiger partial charge in [-0.05, 0) is 31.2 Å². The summed E-state index contributed by atoms with van der Waals surface area (Å²) in [4.78, 5) is 0. The largest absolute Gasteiger partial charge is 0.398 e. The minimum atomic E-state index is -0.600. The van der Waals surface area contributed by atoms with Gasteiger partial charge in [-0.25, -0.2) is 8.78 Å². The lowest BCUT2D eigenvalue weighted by Gasteiger charge is -2.09. The zero-order valence-electron chi connectivity index (χ0n) is 8.80. The van der Waals surface area contributed by atoms with E-state index >= 15 is 0 Å². The Morgan fingerprint density at radius 3 is 2.25 bits per heavy atom. The Morgan fingerprint density at radius 2 is 1.62 bits per heavy atom. The van der Waals surface area contributed by atoms with Crippen molar-refractivity contribution in [2.75, 3.05) is 5.73 Å². The number of aryl methyl sites for hydroxylation is 1. The van der Waals surface area contributed by atoms with Gasteiger partial charge >= 0.3 is 0 Å². The Balaban J connectivity index is 2.72. The van der Waals surface area contributed by atoms with E-state index in [-0.39, 0.29) is 5.56 Å². The third kappa shape index (κ3) is 1.76. The molecule has 0 saturated carbocycles. The van der Waals surface area contributed by atoms with Crippen LogP contribution in [0.4, 0.5) is 14.5 Å². The second-order valence-electron chi connectivity index (χ2n) is 3.69. The molecule has 0 aliphatic rings. The smallest absolute Gasteiger partial charge is 0.134 e. The van der Waals surface area contributed by atoms with Gasteiger partial charge in [-0.1, -0.05) is 17.7 Å². The van der Waals surface area contributed by atoms with E-state index < -0.39 is 11.6 Å². The van der Waals surface area contributed by atoms with Crippen LogP contribution in [0.1, 0.15) is 5.56 Å². The Bertz CT molecular complexity index is 515. The van der Waals surface area contributed by atoms with Gasteiger partial charge in [0.15, 0.2) is 0 Å². The van der Waals surface area contributed by atoms with Gasteiger partial charge in [-0.3, -0.25) is 0 Å². The monoisotopic (exact) mass is 219 g/mol. The first-order chi connectivity index (χ1) is 7.59. The maximum atomic E-state index is 13.6. The lowest BCUT2D eigenvalue weighted by atomic mass is 10.0. The summed E-state index contributed by atoms with van der Waals surface area (Å²) in [6.45, 7) is 1.85. The van der Waals surface area contributed by atoms with Crippen molar-refractivity contribution in [3.63, 3.8) is 0 Å². The van der Waals surface area contributed by atoms with Gasteiger partial charge in [-0.15, -0.1) is 0 Å². The highest BCUT2D eigenvalue weighted by Gasteiger charge is 2.13. The zero-order valence-corrected chi connectivity index (χ0v) is 8.80. The van der Waals surface area contributed by atoms with Gasteiger partial charge < -0.3 is 5.73 Å². The zero-order chi connectivity index (χ0) is 11.7. The van der Waals surface area contributed by atoms with Gasteiger partial charge in [0, 0.05) is 11.3 Å². The molecule has 0 heterocycles. The highest BCUT2D eigenvalue weighted by atomic mass is 19.1. The van der Waals surface area contributed by atoms with E-state index in [1.165, 1.54) is 18.2 Å². The standard InChI is InChI=1S/C13H11F2N/c1-8-5-6-12(16)9(7-8)13-10(14)3-2-4-11(13)15/h2-7H,16H2,1H3. The molecule has 0 aliphatic carbocycles. The van der Waals surface area contributed by atoms with Gasteiger partial charge in [0.05, 0.1) is 5.56 Å². The van der Waals surface area contributed by atoms with Crippen LogP contribution in [0.25, 0.3) is 11.1 Å². The normalized spacial score (nSPS) is 10.4. The van der Waals surface area contributed by atoms with E-state index in [1.807, 2.05) is 6.92 Å². The van der Waals surface area contributed by atoms with Gasteiger partial charge in [-0.2, -0.15) is 0 Å². The predicted octanol–water partition coefficient (Wildman–Crippen LogP) is 3.52. The molecule has 2 aromatic carbocycles. The molecule has 0 atom stereocenters. The molecule has 0 bridgehead atoms. The minimum Gasteiger partial charge on any atom is -0.398 e. The van der Waals surface area contributed by atoms with Crippen molar-refractivity contribution in [3.05, 3.63) is 53.6 Å². The molecule has 0 spiro atoms. The lowest BCUT2D eigenvalue weighted by Crippen LogP contribution is -1.95. The second-order valence-corrected chi connectivity index (χ2v) is 3.69. The number of hydrogen-bond acceptors (Lipinski definition) is 1. The molecule has 16 heavy (non-hydrogen) atoms. The Morgan fingerprint density at radius 1 is 1.00 bits per heavy atom. The van der Waals surface area contributed by atoms with Gasteiger partial charge in [0.1, 0.15) is 11.6 Å². The van der Waals surface area contributed by atoms with Crippen molar-refractivity contribution in [3.8, 4) is 11.1 Å². The molecule has 3 heteroatoms. The second kappa shape index (κ2) is 3.93. The summed E-state index contributed by atoms with van der Waals surface area (Å²) >= 11 is 0. The third-order valence-electron chi connectivity index (χ3n) is 2.44. The predicted molar refractivity (Wildman–Crippen MR) is 60.9 cm³/mol. The number of nitrogen functional groups attached to an aromatic ring is 1. The SMILES string of the molecule is Cc1ccc(N)c(-c2c(F)cccc2F)c1. The molecule has 82 valence electrons. The Hall–Kier alpha value is -1.90. The summed E-state index contributed by atoms with van der Waals surface area (Å²) in [7, 11) is 0. The third-order valence-corrected chi connectivity index (χ3v) is 2.44. The van der Waals surface area contributed by atoms with Crippen LogP contribution in [-0.2, 0) is 0 Å². The fourth-order valence-corrected chi connectivity index (χ4v) is 1.64. The van der Waals surface area contributed by atoms with Crippen LogP contribution in [-0.4, -0.2) is 0 Å². The first-order valence-electron chi connectivity index (χ1n) is 4.90. The van der Waals surface area contributed by atoms with E-state index in [1.54, 1.807) is 18.2 Å². The molecule has 0 fully saturated rings. The van der Waals surface area contributed by atoms with E-state index in [0.29, 0.717) is 11.3 Å². The average molecular weight is 219 g/mol. The Kier molecular flexibility index (Phi) is 2.60. The summed E-state index contributed by atoms with van der Waals surface area (Å²) in [5.74, 6) is -1.20. The maximum Gasteiger partial charge on any atom is 0.134 e. The van der Waals surface area contributed by atoms with Crippen molar-refractivity contribution in [2.24, 2.45) is 0 Å². The number of rotatable bonds is 1. The number of anilines is 1. The molecule has 0 aromatic heterocycles. The molecular formula is C13H11F2N. The quantitative estimate of drug-likeness (QED) is 0.729. The molecule has 2 rings (SSSR count). The number of hydrogen-bond donors (Lipinski definition) is 1. The van der Waals surface area contributed by atoms with E-state index in [0.717, 1.165) is 5.56 Å². The van der Waals surface area contributed by atoms with Crippen LogP contribution in [0.15, 0.2) is 36.4 Å². The summed E-state index contributed by atoms with van der Waals surface area (Å²) < 4.78 is 27.1. The summed E-state index contributed by atoms with van der Waals surface area (Å²) in [5.41, 5.74) is 7.34. The topological polar surface area (TPSA) is 26.0 Å². The van der Waals surface area contributed by atoms with Crippen LogP contribution in [0.5, 0.6) is 0 Å². The van der Waals surface area contributed by atoms with E-state index in [2.05, 4.69) is 0 Å². The molecule has 2 N–H and O–H groups in total. The molecule has 0 radical (unpaired) electrons. The summed E-state index contributed by atoms with van der Waals surface area (Å²) in [6.07, 6.45) is 0. The van der Waals surface area contributed by atoms with E-state index in [9.17, 15) is 8.78 Å². The van der Waals surface area contributed by atoms with E-state index in [4.69, 9.17) is 5.73 Å². The van der Waals surface area contributed by atoms with Crippen LogP contribution < -0.4 is 5.73 Å². The summed E-state index contributed by atoms with van der Waals surface area (Å²) in [5, 5.41) is 0. The van der Waals surface area contributed by atoms with Crippen LogP contribution in [0, 0.1) is 18.6 Å². The summed E-state index contributed by atoms with van der Waals surface area (Å²) in [6, 6.07) is 8.91. The first kappa shape index (κ1) is 10.6. The fourth-order valence-electron chi connectivity index (χ4n) is 1.64. The maximum absolute atomic E-state index is 13.6. The first-order valence-corrected chi connectivity index (χ1v) is 4.90. The van der Waals surface area contributed by atoms with Crippen molar-refractivity contribution in [2.45, 2.75) is 6.92 Å². The van der Waals surface area contributed by atoms with Crippen LogP contribution in [0.2, 0.25) is 0 Å². The number of halogens is 2. The molecule has 0 amide bonds. The molecular weight excluding hydrogens is 208 g/mol. The number of benzene rings is 2. The molecule has 1 nitrogen and oxygen atoms in total. The van der Waals surface area contributed by atoms with Crippen LogP contribution >= 0.6 is 0 Å². The van der Waals surface area contributed by atoms with Crippen LogP contribution in [0.3, 0.4) is 0 Å². The fraction of sp³-hybridized carbons (Fsp3) is 0.0769. The van der Waals surface area contributed by atoms with Crippen molar-refractivity contribution in [1.29, 1.82) is 0 Å². The van der Waals surface area contributed by atoms with Crippen molar-refractivity contribution < 1.29 is 8.78 Å². The van der Waals surface area contributed by atoms with Crippen molar-refractivity contribution in [1.82, 2.24) is 0 Å². The van der Waals surface area contributed by atoms with Gasteiger partial charge in [0.25, 0.3) is 0 Å². The van der Waals surface area contributed by atoms with Gasteiger partial charge in [0.2, 0.25) is 0 Å². The molecule has 2 aromatic rings. The average Bonchev–Trinajstić information content (AvgIpc) is 2.23. The molecule has 0 aliphatic heterocycles. The highest BCUT2D eigenvalue weighted by molar-refractivity contribution is 5.77.